The summed E-state index contributed by atoms with van der Waals surface area (Å²) in [5.41, 5.74) is 5.55. The fourth-order valence-electron chi connectivity index (χ4n) is 1.16. The van der Waals surface area contributed by atoms with Gasteiger partial charge in [0, 0.05) is 19.0 Å². The minimum Gasteiger partial charge on any atom is -0.330 e. The minimum absolute atomic E-state index is 0.305. The van der Waals surface area contributed by atoms with Crippen molar-refractivity contribution in [3.8, 4) is 0 Å². The summed E-state index contributed by atoms with van der Waals surface area (Å²) in [6, 6.07) is 0. The lowest BCUT2D eigenvalue weighted by molar-refractivity contribution is 0.593. The van der Waals surface area contributed by atoms with Crippen molar-refractivity contribution in [1.29, 1.82) is 0 Å². The Labute approximate surface area is 72.8 Å². The standard InChI is InChI=1S/C8H16N4/c1-3-4-12-6-10-11-8(12)7(2)5-9/h6-7H,3-5,9H2,1-2H3. The molecule has 0 bridgehead atoms. The Kier molecular flexibility index (Phi) is 3.22. The summed E-state index contributed by atoms with van der Waals surface area (Å²) in [5, 5.41) is 7.91. The molecule has 0 aliphatic rings. The molecule has 1 unspecified atom stereocenters. The molecule has 0 spiro atoms. The predicted molar refractivity (Wildman–Crippen MR) is 47.8 cm³/mol. The summed E-state index contributed by atoms with van der Waals surface area (Å²) >= 11 is 0. The summed E-state index contributed by atoms with van der Waals surface area (Å²) in [6.07, 6.45) is 2.87. The van der Waals surface area contributed by atoms with Gasteiger partial charge in [-0.1, -0.05) is 13.8 Å². The normalized spacial score (nSPS) is 13.2. The first kappa shape index (κ1) is 9.19. The van der Waals surface area contributed by atoms with Gasteiger partial charge in [-0.15, -0.1) is 10.2 Å². The van der Waals surface area contributed by atoms with E-state index in [0.717, 1.165) is 18.8 Å². The van der Waals surface area contributed by atoms with Gasteiger partial charge in [-0.3, -0.25) is 0 Å². The third kappa shape index (κ3) is 1.82. The zero-order valence-electron chi connectivity index (χ0n) is 7.70. The Morgan fingerprint density at radius 2 is 2.42 bits per heavy atom. The number of nitrogens with two attached hydrogens (primary N) is 1. The smallest absolute Gasteiger partial charge is 0.136 e. The van der Waals surface area contributed by atoms with Gasteiger partial charge in [0.05, 0.1) is 0 Å². The maximum Gasteiger partial charge on any atom is 0.136 e. The molecule has 1 aromatic rings. The van der Waals surface area contributed by atoms with Crippen molar-refractivity contribution in [3.05, 3.63) is 12.2 Å². The van der Waals surface area contributed by atoms with Gasteiger partial charge in [0.2, 0.25) is 0 Å². The Balaban J connectivity index is 2.76. The van der Waals surface area contributed by atoms with E-state index in [-0.39, 0.29) is 0 Å². The Hall–Kier alpha value is -0.900. The van der Waals surface area contributed by atoms with Gasteiger partial charge in [0.15, 0.2) is 0 Å². The van der Waals surface area contributed by atoms with Crippen LogP contribution in [-0.4, -0.2) is 21.3 Å². The molecule has 0 saturated carbocycles. The zero-order valence-corrected chi connectivity index (χ0v) is 7.70. The second-order valence-electron chi connectivity index (χ2n) is 3.02. The largest absolute Gasteiger partial charge is 0.330 e. The Morgan fingerprint density at radius 3 is 3.00 bits per heavy atom. The third-order valence-corrected chi connectivity index (χ3v) is 1.90. The topological polar surface area (TPSA) is 56.7 Å². The maximum absolute atomic E-state index is 5.55. The zero-order chi connectivity index (χ0) is 8.97. The fraction of sp³-hybridized carbons (Fsp3) is 0.750. The number of aryl methyl sites for hydroxylation is 1. The molecule has 4 heteroatoms. The van der Waals surface area contributed by atoms with Gasteiger partial charge in [-0.25, -0.2) is 0 Å². The summed E-state index contributed by atoms with van der Waals surface area (Å²) in [5.74, 6) is 1.30. The minimum atomic E-state index is 0.305. The van der Waals surface area contributed by atoms with Gasteiger partial charge in [-0.05, 0) is 6.42 Å². The number of hydrogen-bond donors (Lipinski definition) is 1. The highest BCUT2D eigenvalue weighted by Gasteiger charge is 2.09. The lowest BCUT2D eigenvalue weighted by atomic mass is 10.2. The van der Waals surface area contributed by atoms with Crippen molar-refractivity contribution in [2.75, 3.05) is 6.54 Å². The first-order valence-corrected chi connectivity index (χ1v) is 4.37. The first-order valence-electron chi connectivity index (χ1n) is 4.37. The Morgan fingerprint density at radius 1 is 1.67 bits per heavy atom. The molecule has 68 valence electrons. The number of hydrogen-bond acceptors (Lipinski definition) is 3. The average molecular weight is 168 g/mol. The molecule has 0 radical (unpaired) electrons. The average Bonchev–Trinajstić information content (AvgIpc) is 2.52. The summed E-state index contributed by atoms with van der Waals surface area (Å²) < 4.78 is 2.07. The quantitative estimate of drug-likeness (QED) is 0.721. The van der Waals surface area contributed by atoms with Crippen molar-refractivity contribution in [2.24, 2.45) is 5.73 Å². The van der Waals surface area contributed by atoms with E-state index < -0.39 is 0 Å². The van der Waals surface area contributed by atoms with Crippen LogP contribution in [0.1, 0.15) is 32.0 Å². The van der Waals surface area contributed by atoms with Crippen LogP contribution in [0.2, 0.25) is 0 Å². The van der Waals surface area contributed by atoms with Crippen LogP contribution in [0.5, 0.6) is 0 Å². The van der Waals surface area contributed by atoms with Crippen LogP contribution in [0.25, 0.3) is 0 Å². The second kappa shape index (κ2) is 4.21. The molecule has 1 rings (SSSR count). The van der Waals surface area contributed by atoms with Crippen molar-refractivity contribution in [3.63, 3.8) is 0 Å². The molecule has 4 nitrogen and oxygen atoms in total. The van der Waals surface area contributed by atoms with Crippen LogP contribution in [0.4, 0.5) is 0 Å². The number of aromatic nitrogens is 3. The van der Waals surface area contributed by atoms with E-state index in [9.17, 15) is 0 Å². The fourth-order valence-corrected chi connectivity index (χ4v) is 1.16. The molecular formula is C8H16N4. The number of rotatable bonds is 4. The van der Waals surface area contributed by atoms with E-state index in [0.29, 0.717) is 12.5 Å². The summed E-state index contributed by atoms with van der Waals surface area (Å²) in [7, 11) is 0. The molecular weight excluding hydrogens is 152 g/mol. The van der Waals surface area contributed by atoms with Crippen molar-refractivity contribution in [2.45, 2.75) is 32.7 Å². The maximum atomic E-state index is 5.55. The molecule has 1 atom stereocenters. The molecule has 1 aromatic heterocycles. The van der Waals surface area contributed by atoms with E-state index in [2.05, 4.69) is 28.6 Å². The van der Waals surface area contributed by atoms with Gasteiger partial charge in [-0.2, -0.15) is 0 Å². The molecule has 0 aliphatic heterocycles. The molecule has 0 amide bonds. The lowest BCUT2D eigenvalue weighted by Gasteiger charge is -2.09. The molecule has 0 aliphatic carbocycles. The second-order valence-corrected chi connectivity index (χ2v) is 3.02. The molecule has 0 fully saturated rings. The van der Waals surface area contributed by atoms with E-state index in [1.165, 1.54) is 0 Å². The molecule has 0 aromatic carbocycles. The third-order valence-electron chi connectivity index (χ3n) is 1.90. The van der Waals surface area contributed by atoms with Gasteiger partial charge in [0.1, 0.15) is 12.2 Å². The van der Waals surface area contributed by atoms with E-state index in [4.69, 9.17) is 5.73 Å². The van der Waals surface area contributed by atoms with Crippen molar-refractivity contribution in [1.82, 2.24) is 14.8 Å². The molecule has 0 saturated heterocycles. The van der Waals surface area contributed by atoms with Gasteiger partial charge in [0.25, 0.3) is 0 Å². The first-order chi connectivity index (χ1) is 5.79. The van der Waals surface area contributed by atoms with E-state index in [1.54, 1.807) is 6.33 Å². The molecule has 12 heavy (non-hydrogen) atoms. The van der Waals surface area contributed by atoms with Gasteiger partial charge >= 0.3 is 0 Å². The lowest BCUT2D eigenvalue weighted by Crippen LogP contribution is -2.14. The molecule has 1 heterocycles. The van der Waals surface area contributed by atoms with Gasteiger partial charge < -0.3 is 10.3 Å². The highest BCUT2D eigenvalue weighted by molar-refractivity contribution is 4.94. The summed E-state index contributed by atoms with van der Waals surface area (Å²) in [4.78, 5) is 0. The van der Waals surface area contributed by atoms with Crippen molar-refractivity contribution >= 4 is 0 Å². The monoisotopic (exact) mass is 168 g/mol. The van der Waals surface area contributed by atoms with E-state index in [1.807, 2.05) is 0 Å². The summed E-state index contributed by atoms with van der Waals surface area (Å²) in [6.45, 7) is 5.81. The SMILES string of the molecule is CCCn1cnnc1C(C)CN. The van der Waals surface area contributed by atoms with Crippen LogP contribution in [0.15, 0.2) is 6.33 Å². The predicted octanol–water partition coefficient (Wildman–Crippen LogP) is 0.750. The van der Waals surface area contributed by atoms with Crippen molar-refractivity contribution < 1.29 is 0 Å². The van der Waals surface area contributed by atoms with Crippen LogP contribution in [0.3, 0.4) is 0 Å². The van der Waals surface area contributed by atoms with Crippen LogP contribution < -0.4 is 5.73 Å². The van der Waals surface area contributed by atoms with Crippen LogP contribution in [0, 0.1) is 0 Å². The Bertz CT molecular complexity index is 231. The number of nitrogens with zero attached hydrogens (tertiary/aromatic N) is 3. The highest BCUT2D eigenvalue weighted by Crippen LogP contribution is 2.09. The highest BCUT2D eigenvalue weighted by atomic mass is 15.3. The van der Waals surface area contributed by atoms with Crippen LogP contribution >= 0.6 is 0 Å². The molecule has 2 N–H and O–H groups in total. The van der Waals surface area contributed by atoms with Crippen LogP contribution in [-0.2, 0) is 6.54 Å². The van der Waals surface area contributed by atoms with E-state index >= 15 is 0 Å².